The standard InChI is InChI=1S/C10H10N2O4/c13-9(11-15)6-12-5-7-3-1-2-4-8(7)16-10(12)14/h1-4,15H,5-6H2,(H,11,13). The molecule has 0 spiro atoms. The summed E-state index contributed by atoms with van der Waals surface area (Å²) in [5.41, 5.74) is 2.30. The molecule has 6 nitrogen and oxygen atoms in total. The van der Waals surface area contributed by atoms with Gasteiger partial charge in [-0.1, -0.05) is 18.2 Å². The Hall–Kier alpha value is -2.08. The van der Waals surface area contributed by atoms with Gasteiger partial charge in [-0.05, 0) is 6.07 Å². The summed E-state index contributed by atoms with van der Waals surface area (Å²) in [6.07, 6.45) is -0.595. The smallest absolute Gasteiger partial charge is 0.410 e. The normalized spacial score (nSPS) is 14.1. The van der Waals surface area contributed by atoms with Gasteiger partial charge in [-0.25, -0.2) is 10.3 Å². The van der Waals surface area contributed by atoms with Crippen LogP contribution < -0.4 is 10.2 Å². The second kappa shape index (κ2) is 4.19. The Kier molecular flexibility index (Phi) is 2.74. The largest absolute Gasteiger partial charge is 0.416 e. The fourth-order valence-corrected chi connectivity index (χ4v) is 1.49. The van der Waals surface area contributed by atoms with E-state index in [1.54, 1.807) is 12.1 Å². The van der Waals surface area contributed by atoms with Crippen LogP contribution in [-0.4, -0.2) is 28.7 Å². The van der Waals surface area contributed by atoms with Gasteiger partial charge in [-0.3, -0.25) is 14.9 Å². The molecule has 16 heavy (non-hydrogen) atoms. The molecule has 84 valence electrons. The molecule has 0 bridgehead atoms. The third-order valence-corrected chi connectivity index (χ3v) is 2.25. The number of amides is 2. The number of carbonyl (C=O) groups is 2. The van der Waals surface area contributed by atoms with Gasteiger partial charge in [-0.2, -0.15) is 0 Å². The first-order valence-electron chi connectivity index (χ1n) is 4.68. The molecule has 0 fully saturated rings. The molecule has 2 amide bonds. The molecule has 0 atom stereocenters. The number of fused-ring (bicyclic) bond motifs is 1. The van der Waals surface area contributed by atoms with Crippen LogP contribution in [0.3, 0.4) is 0 Å². The van der Waals surface area contributed by atoms with E-state index in [4.69, 9.17) is 9.94 Å². The molecule has 0 saturated heterocycles. The maximum atomic E-state index is 11.5. The number of nitrogens with zero attached hydrogens (tertiary/aromatic N) is 1. The SMILES string of the molecule is O=C(CN1Cc2ccccc2OC1=O)NO. The van der Waals surface area contributed by atoms with Gasteiger partial charge in [0.05, 0.1) is 6.54 Å². The Morgan fingerprint density at radius 3 is 3.00 bits per heavy atom. The van der Waals surface area contributed by atoms with Gasteiger partial charge in [0.2, 0.25) is 0 Å². The summed E-state index contributed by atoms with van der Waals surface area (Å²) in [4.78, 5) is 23.6. The Labute approximate surface area is 91.4 Å². The van der Waals surface area contributed by atoms with Crippen molar-refractivity contribution in [3.05, 3.63) is 29.8 Å². The molecule has 1 aromatic rings. The maximum absolute atomic E-state index is 11.5. The van der Waals surface area contributed by atoms with Crippen LogP contribution in [0.4, 0.5) is 4.79 Å². The fourth-order valence-electron chi connectivity index (χ4n) is 1.49. The molecule has 2 rings (SSSR count). The van der Waals surface area contributed by atoms with Crippen LogP contribution >= 0.6 is 0 Å². The van der Waals surface area contributed by atoms with E-state index in [0.717, 1.165) is 5.56 Å². The van der Waals surface area contributed by atoms with Crippen molar-refractivity contribution in [3.8, 4) is 5.75 Å². The third kappa shape index (κ3) is 1.96. The monoisotopic (exact) mass is 222 g/mol. The number of benzene rings is 1. The molecule has 0 aliphatic carbocycles. The first-order valence-corrected chi connectivity index (χ1v) is 4.68. The molecule has 1 aliphatic rings. The van der Waals surface area contributed by atoms with Crippen LogP contribution in [0.2, 0.25) is 0 Å². The highest BCUT2D eigenvalue weighted by Crippen LogP contribution is 2.24. The summed E-state index contributed by atoms with van der Waals surface area (Å²) in [6, 6.07) is 7.09. The number of rotatable bonds is 2. The lowest BCUT2D eigenvalue weighted by atomic mass is 10.1. The highest BCUT2D eigenvalue weighted by atomic mass is 16.6. The second-order valence-electron chi connectivity index (χ2n) is 3.37. The molecule has 1 aromatic carbocycles. The maximum Gasteiger partial charge on any atom is 0.416 e. The molecular formula is C10H10N2O4. The molecule has 0 aromatic heterocycles. The van der Waals surface area contributed by atoms with Crippen molar-refractivity contribution in [2.45, 2.75) is 6.54 Å². The first kappa shape index (κ1) is 10.4. The first-order chi connectivity index (χ1) is 7.70. The van der Waals surface area contributed by atoms with Crippen LogP contribution in [0.5, 0.6) is 5.75 Å². The summed E-state index contributed by atoms with van der Waals surface area (Å²) in [6.45, 7) is 0.0616. The van der Waals surface area contributed by atoms with Crippen molar-refractivity contribution in [2.75, 3.05) is 6.54 Å². The average Bonchev–Trinajstić information content (AvgIpc) is 2.30. The lowest BCUT2D eigenvalue weighted by Gasteiger charge is -2.26. The number of nitrogens with one attached hydrogen (secondary N) is 1. The molecular weight excluding hydrogens is 212 g/mol. The van der Waals surface area contributed by atoms with Crippen molar-refractivity contribution >= 4 is 12.0 Å². The second-order valence-corrected chi connectivity index (χ2v) is 3.37. The topological polar surface area (TPSA) is 78.9 Å². The van der Waals surface area contributed by atoms with Crippen LogP contribution in [0, 0.1) is 0 Å². The summed E-state index contributed by atoms with van der Waals surface area (Å²) in [5.74, 6) is -0.149. The highest BCUT2D eigenvalue weighted by molar-refractivity contribution is 5.82. The fraction of sp³-hybridized carbons (Fsp3) is 0.200. The number of hydrogen-bond acceptors (Lipinski definition) is 4. The zero-order valence-electron chi connectivity index (χ0n) is 8.34. The molecule has 0 radical (unpaired) electrons. The van der Waals surface area contributed by atoms with E-state index in [1.165, 1.54) is 10.4 Å². The van der Waals surface area contributed by atoms with E-state index in [9.17, 15) is 9.59 Å². The third-order valence-electron chi connectivity index (χ3n) is 2.25. The van der Waals surface area contributed by atoms with Gasteiger partial charge >= 0.3 is 6.09 Å². The summed E-state index contributed by atoms with van der Waals surface area (Å²) in [5, 5.41) is 8.37. The Balaban J connectivity index is 2.15. The van der Waals surface area contributed by atoms with E-state index in [1.807, 2.05) is 12.1 Å². The van der Waals surface area contributed by atoms with Gasteiger partial charge in [-0.15, -0.1) is 0 Å². The van der Waals surface area contributed by atoms with Gasteiger partial charge in [0.25, 0.3) is 5.91 Å². The average molecular weight is 222 g/mol. The summed E-state index contributed by atoms with van der Waals surface area (Å²) in [7, 11) is 0. The lowest BCUT2D eigenvalue weighted by Crippen LogP contribution is -2.43. The van der Waals surface area contributed by atoms with Crippen LogP contribution in [-0.2, 0) is 11.3 Å². The van der Waals surface area contributed by atoms with Crippen molar-refractivity contribution in [1.82, 2.24) is 10.4 Å². The van der Waals surface area contributed by atoms with Crippen LogP contribution in [0.25, 0.3) is 0 Å². The Bertz CT molecular complexity index is 433. The van der Waals surface area contributed by atoms with Gasteiger partial charge in [0.15, 0.2) is 0 Å². The van der Waals surface area contributed by atoms with Crippen molar-refractivity contribution in [2.24, 2.45) is 0 Å². The number of hydrogen-bond donors (Lipinski definition) is 2. The van der Waals surface area contributed by atoms with Crippen LogP contribution in [0.15, 0.2) is 24.3 Å². The predicted molar refractivity (Wildman–Crippen MR) is 52.8 cm³/mol. The molecule has 6 heteroatoms. The molecule has 1 heterocycles. The zero-order chi connectivity index (χ0) is 11.5. The van der Waals surface area contributed by atoms with E-state index in [2.05, 4.69) is 0 Å². The summed E-state index contributed by atoms with van der Waals surface area (Å²) < 4.78 is 5.02. The summed E-state index contributed by atoms with van der Waals surface area (Å²) >= 11 is 0. The van der Waals surface area contributed by atoms with Gasteiger partial charge < -0.3 is 4.74 Å². The van der Waals surface area contributed by atoms with Crippen molar-refractivity contribution < 1.29 is 19.5 Å². The van der Waals surface area contributed by atoms with E-state index in [0.29, 0.717) is 12.3 Å². The highest BCUT2D eigenvalue weighted by Gasteiger charge is 2.25. The molecule has 0 unspecified atom stereocenters. The lowest BCUT2D eigenvalue weighted by molar-refractivity contribution is -0.130. The number of hydroxylamine groups is 1. The minimum Gasteiger partial charge on any atom is -0.410 e. The minimum atomic E-state index is -0.656. The van der Waals surface area contributed by atoms with Crippen molar-refractivity contribution in [1.29, 1.82) is 0 Å². The number of carbonyl (C=O) groups excluding carboxylic acids is 2. The quantitative estimate of drug-likeness (QED) is 0.564. The number of ether oxygens (including phenoxy) is 1. The predicted octanol–water partition coefficient (Wildman–Crippen LogP) is 0.506. The molecule has 0 saturated carbocycles. The van der Waals surface area contributed by atoms with E-state index < -0.39 is 12.0 Å². The zero-order valence-corrected chi connectivity index (χ0v) is 8.34. The van der Waals surface area contributed by atoms with Crippen molar-refractivity contribution in [3.63, 3.8) is 0 Å². The Morgan fingerprint density at radius 1 is 1.50 bits per heavy atom. The van der Waals surface area contributed by atoms with E-state index in [-0.39, 0.29) is 6.54 Å². The van der Waals surface area contributed by atoms with Gasteiger partial charge in [0, 0.05) is 5.56 Å². The van der Waals surface area contributed by atoms with E-state index >= 15 is 0 Å². The minimum absolute atomic E-state index is 0.232. The van der Waals surface area contributed by atoms with Gasteiger partial charge in [0.1, 0.15) is 12.3 Å². The van der Waals surface area contributed by atoms with Crippen LogP contribution in [0.1, 0.15) is 5.56 Å². The Morgan fingerprint density at radius 2 is 2.25 bits per heavy atom. The molecule has 2 N–H and O–H groups in total. The number of para-hydroxylation sites is 1. The molecule has 1 aliphatic heterocycles.